The lowest BCUT2D eigenvalue weighted by Crippen LogP contribution is -2.21. The molecule has 0 saturated heterocycles. The minimum atomic E-state index is -0.453. The maximum absolute atomic E-state index is 12.5. The van der Waals surface area contributed by atoms with Crippen molar-refractivity contribution in [1.29, 1.82) is 15.8 Å². The van der Waals surface area contributed by atoms with Crippen molar-refractivity contribution < 1.29 is 4.79 Å². The van der Waals surface area contributed by atoms with Gasteiger partial charge in [0.15, 0.2) is 5.57 Å². The van der Waals surface area contributed by atoms with Crippen molar-refractivity contribution >= 4 is 17.2 Å². The molecule has 0 saturated carbocycles. The molecule has 1 amide bonds. The molecule has 2 heterocycles. The molecule has 1 N–H and O–H groups in total. The minimum Gasteiger partial charge on any atom is -0.371 e. The number of hydrogen-bond acceptors (Lipinski definition) is 5. The van der Waals surface area contributed by atoms with Crippen LogP contribution >= 0.6 is 0 Å². The maximum Gasteiger partial charge on any atom is 0.257 e. The van der Waals surface area contributed by atoms with Crippen molar-refractivity contribution in [3.8, 4) is 18.2 Å². The molecule has 2 aliphatic rings. The summed E-state index contributed by atoms with van der Waals surface area (Å²) < 4.78 is 0. The summed E-state index contributed by atoms with van der Waals surface area (Å²) in [7, 11) is 0. The fraction of sp³-hybridized carbons (Fsp3) is 0.391. The zero-order valence-corrected chi connectivity index (χ0v) is 16.6. The Hall–Kier alpha value is -3.56. The first-order chi connectivity index (χ1) is 14.1. The number of nitrogens with zero attached hydrogens (tertiary/aromatic N) is 4. The first-order valence-corrected chi connectivity index (χ1v) is 10.0. The van der Waals surface area contributed by atoms with Crippen molar-refractivity contribution in [3.05, 3.63) is 46.2 Å². The van der Waals surface area contributed by atoms with Crippen LogP contribution in [-0.2, 0) is 11.2 Å². The summed E-state index contributed by atoms with van der Waals surface area (Å²) in [4.78, 5) is 14.9. The first-order valence-electron chi connectivity index (χ1n) is 10.0. The highest BCUT2D eigenvalue weighted by atomic mass is 16.2. The number of allylic oxidation sites excluding steroid dienone is 2. The molecule has 0 atom stereocenters. The SMILES string of the molecule is CCCCCCCN1CCc2cc(C3=C(C#N)C(=C(C#N)C#N)NC3=O)ccc21. The molecule has 0 bridgehead atoms. The summed E-state index contributed by atoms with van der Waals surface area (Å²) in [6, 6.07) is 11.3. The zero-order chi connectivity index (χ0) is 20.8. The van der Waals surface area contributed by atoms with E-state index in [2.05, 4.69) is 17.1 Å². The molecular weight excluding hydrogens is 362 g/mol. The molecule has 146 valence electrons. The fourth-order valence-electron chi connectivity index (χ4n) is 3.95. The topological polar surface area (TPSA) is 104 Å². The van der Waals surface area contributed by atoms with Crippen molar-refractivity contribution in [3.63, 3.8) is 0 Å². The lowest BCUT2D eigenvalue weighted by Gasteiger charge is -2.19. The smallest absolute Gasteiger partial charge is 0.257 e. The van der Waals surface area contributed by atoms with Gasteiger partial charge in [0.2, 0.25) is 0 Å². The quantitative estimate of drug-likeness (QED) is 0.569. The van der Waals surface area contributed by atoms with Crippen LogP contribution in [-0.4, -0.2) is 19.0 Å². The van der Waals surface area contributed by atoms with Gasteiger partial charge in [-0.15, -0.1) is 0 Å². The van der Waals surface area contributed by atoms with Crippen LogP contribution in [0.4, 0.5) is 5.69 Å². The molecule has 0 spiro atoms. The Morgan fingerprint density at radius 2 is 1.90 bits per heavy atom. The van der Waals surface area contributed by atoms with Gasteiger partial charge in [0.05, 0.1) is 16.8 Å². The molecule has 1 aromatic rings. The number of nitriles is 3. The summed E-state index contributed by atoms with van der Waals surface area (Å²) in [5.74, 6) is -0.453. The van der Waals surface area contributed by atoms with Crippen molar-refractivity contribution in [2.24, 2.45) is 0 Å². The lowest BCUT2D eigenvalue weighted by molar-refractivity contribution is -0.114. The third-order valence-electron chi connectivity index (χ3n) is 5.44. The molecule has 2 aliphatic heterocycles. The number of fused-ring (bicyclic) bond motifs is 1. The maximum atomic E-state index is 12.5. The van der Waals surface area contributed by atoms with Crippen molar-refractivity contribution in [1.82, 2.24) is 5.32 Å². The van der Waals surface area contributed by atoms with E-state index in [9.17, 15) is 10.1 Å². The Labute approximate surface area is 171 Å². The average Bonchev–Trinajstić information content (AvgIpc) is 3.28. The van der Waals surface area contributed by atoms with Gasteiger partial charge in [-0.3, -0.25) is 4.79 Å². The van der Waals surface area contributed by atoms with E-state index >= 15 is 0 Å². The molecule has 29 heavy (non-hydrogen) atoms. The molecule has 6 heteroatoms. The number of carbonyl (C=O) groups is 1. The van der Waals surface area contributed by atoms with Crippen LogP contribution in [0.3, 0.4) is 0 Å². The number of benzene rings is 1. The van der Waals surface area contributed by atoms with Crippen LogP contribution < -0.4 is 10.2 Å². The van der Waals surface area contributed by atoms with E-state index in [0.717, 1.165) is 25.1 Å². The molecule has 0 fully saturated rings. The lowest BCUT2D eigenvalue weighted by atomic mass is 9.97. The molecule has 6 nitrogen and oxygen atoms in total. The Morgan fingerprint density at radius 1 is 1.14 bits per heavy atom. The van der Waals surface area contributed by atoms with Crippen LogP contribution in [0.1, 0.15) is 50.2 Å². The summed E-state index contributed by atoms with van der Waals surface area (Å²) in [5, 5.41) is 30.3. The van der Waals surface area contributed by atoms with E-state index in [1.807, 2.05) is 24.3 Å². The predicted molar refractivity (Wildman–Crippen MR) is 110 cm³/mol. The summed E-state index contributed by atoms with van der Waals surface area (Å²) >= 11 is 0. The monoisotopic (exact) mass is 385 g/mol. The van der Waals surface area contributed by atoms with Crippen molar-refractivity contribution in [2.75, 3.05) is 18.0 Å². The normalized spacial score (nSPS) is 14.9. The second-order valence-electron chi connectivity index (χ2n) is 7.28. The molecule has 1 aromatic carbocycles. The van der Waals surface area contributed by atoms with E-state index in [1.54, 1.807) is 12.1 Å². The van der Waals surface area contributed by atoms with Crippen LogP contribution in [0.25, 0.3) is 5.57 Å². The Bertz CT molecular complexity index is 997. The highest BCUT2D eigenvalue weighted by Crippen LogP contribution is 2.35. The van der Waals surface area contributed by atoms with Gasteiger partial charge in [-0.05, 0) is 36.1 Å². The Morgan fingerprint density at radius 3 is 2.59 bits per heavy atom. The Balaban J connectivity index is 1.85. The first kappa shape index (κ1) is 20.2. The summed E-state index contributed by atoms with van der Waals surface area (Å²) in [6.45, 7) is 4.20. The van der Waals surface area contributed by atoms with Crippen LogP contribution in [0.2, 0.25) is 0 Å². The zero-order valence-electron chi connectivity index (χ0n) is 16.6. The van der Waals surface area contributed by atoms with Gasteiger partial charge in [-0.25, -0.2) is 0 Å². The number of rotatable bonds is 7. The van der Waals surface area contributed by atoms with Gasteiger partial charge < -0.3 is 10.2 Å². The Kier molecular flexibility index (Phi) is 6.32. The van der Waals surface area contributed by atoms with E-state index in [0.29, 0.717) is 5.56 Å². The van der Waals surface area contributed by atoms with E-state index < -0.39 is 5.91 Å². The molecule has 0 radical (unpaired) electrons. The predicted octanol–water partition coefficient (Wildman–Crippen LogP) is 3.73. The third-order valence-corrected chi connectivity index (χ3v) is 5.44. The summed E-state index contributed by atoms with van der Waals surface area (Å²) in [5.41, 5.74) is 3.02. The minimum absolute atomic E-state index is 0.00621. The van der Waals surface area contributed by atoms with Crippen LogP contribution in [0.15, 0.2) is 35.0 Å². The van der Waals surface area contributed by atoms with Gasteiger partial charge in [0.1, 0.15) is 18.2 Å². The van der Waals surface area contributed by atoms with Crippen molar-refractivity contribution in [2.45, 2.75) is 45.4 Å². The second kappa shape index (κ2) is 9.09. The number of unbranched alkanes of at least 4 members (excludes halogenated alkanes) is 4. The summed E-state index contributed by atoms with van der Waals surface area (Å²) in [6.07, 6.45) is 7.12. The van der Waals surface area contributed by atoms with E-state index in [-0.39, 0.29) is 22.4 Å². The number of anilines is 1. The van der Waals surface area contributed by atoms with E-state index in [1.165, 1.54) is 37.8 Å². The average molecular weight is 385 g/mol. The largest absolute Gasteiger partial charge is 0.371 e. The van der Waals surface area contributed by atoms with Gasteiger partial charge in [-0.2, -0.15) is 15.8 Å². The molecule has 0 unspecified atom stereocenters. The highest BCUT2D eigenvalue weighted by molar-refractivity contribution is 6.26. The number of amides is 1. The number of hydrogen-bond donors (Lipinski definition) is 1. The van der Waals surface area contributed by atoms with Gasteiger partial charge in [0.25, 0.3) is 5.91 Å². The molecule has 0 aliphatic carbocycles. The third kappa shape index (κ3) is 4.00. The number of carbonyl (C=O) groups excluding carboxylic acids is 1. The van der Waals surface area contributed by atoms with Gasteiger partial charge in [-0.1, -0.05) is 38.7 Å². The van der Waals surface area contributed by atoms with Gasteiger partial charge in [0, 0.05) is 18.8 Å². The highest BCUT2D eigenvalue weighted by Gasteiger charge is 2.32. The second-order valence-corrected chi connectivity index (χ2v) is 7.28. The van der Waals surface area contributed by atoms with Crippen LogP contribution in [0.5, 0.6) is 0 Å². The van der Waals surface area contributed by atoms with E-state index in [4.69, 9.17) is 10.5 Å². The standard InChI is InChI=1S/C23H23N5O/c1-2-3-4-5-6-10-28-11-9-16-12-17(7-8-20(16)28)21-19(15-26)22(27-23(21)29)18(13-24)14-25/h7-8,12H,2-6,9-11H2,1H3,(H,27,29). The molecule has 3 rings (SSSR count). The number of nitrogens with one attached hydrogen (secondary N) is 1. The van der Waals surface area contributed by atoms with Crippen LogP contribution in [0, 0.1) is 34.0 Å². The molecular formula is C23H23N5O. The fourth-order valence-corrected chi connectivity index (χ4v) is 3.95. The molecule has 0 aromatic heterocycles. The van der Waals surface area contributed by atoms with Gasteiger partial charge >= 0.3 is 0 Å².